The lowest BCUT2D eigenvalue weighted by Gasteiger charge is -2.07. The van der Waals surface area contributed by atoms with Crippen molar-refractivity contribution in [3.63, 3.8) is 0 Å². The summed E-state index contributed by atoms with van der Waals surface area (Å²) in [7, 11) is 0. The molecule has 2 heterocycles. The summed E-state index contributed by atoms with van der Waals surface area (Å²) >= 11 is 1.31. The van der Waals surface area contributed by atoms with E-state index in [-0.39, 0.29) is 5.43 Å². The highest BCUT2D eigenvalue weighted by Crippen LogP contribution is 2.27. The van der Waals surface area contributed by atoms with Crippen LogP contribution in [0.15, 0.2) is 63.1 Å². The number of nitrogens with zero attached hydrogens (tertiary/aromatic N) is 1. The predicted molar refractivity (Wildman–Crippen MR) is 86.2 cm³/mol. The van der Waals surface area contributed by atoms with Crippen LogP contribution in [0.2, 0.25) is 0 Å². The van der Waals surface area contributed by atoms with E-state index in [1.807, 2.05) is 5.38 Å². The van der Waals surface area contributed by atoms with E-state index in [1.54, 1.807) is 36.4 Å². The first-order chi connectivity index (χ1) is 11.2. The average molecular weight is 323 g/mol. The molecular weight excluding hydrogens is 314 g/mol. The van der Waals surface area contributed by atoms with Gasteiger partial charge in [-0.25, -0.2) is 9.78 Å². The van der Waals surface area contributed by atoms with Crippen LogP contribution in [0, 0.1) is 0 Å². The molecule has 1 aromatic heterocycles. The van der Waals surface area contributed by atoms with E-state index >= 15 is 0 Å². The molecule has 0 fully saturated rings. The molecule has 112 valence electrons. The van der Waals surface area contributed by atoms with Crippen LogP contribution < -0.4 is 10.2 Å². The van der Waals surface area contributed by atoms with Gasteiger partial charge in [0, 0.05) is 12.1 Å². The van der Waals surface area contributed by atoms with E-state index < -0.39 is 5.97 Å². The van der Waals surface area contributed by atoms with Gasteiger partial charge < -0.3 is 9.15 Å². The van der Waals surface area contributed by atoms with Gasteiger partial charge in [0.1, 0.15) is 21.8 Å². The number of thiophene rings is 1. The zero-order valence-corrected chi connectivity index (χ0v) is 12.5. The molecule has 2 aliphatic rings. The fourth-order valence-corrected chi connectivity index (χ4v) is 2.80. The Balaban J connectivity index is 1.75. The van der Waals surface area contributed by atoms with Crippen LogP contribution in [0.25, 0.3) is 22.6 Å². The summed E-state index contributed by atoms with van der Waals surface area (Å²) in [5.41, 5.74) is 1.51. The molecule has 1 aromatic carbocycles. The summed E-state index contributed by atoms with van der Waals surface area (Å²) in [4.78, 5) is 28.3. The molecule has 1 aliphatic carbocycles. The second-order valence-electron chi connectivity index (χ2n) is 4.84. The van der Waals surface area contributed by atoms with Crippen LogP contribution in [-0.2, 0) is 0 Å². The topological polar surface area (TPSA) is 69.4 Å². The second kappa shape index (κ2) is 5.33. The van der Waals surface area contributed by atoms with Crippen molar-refractivity contribution in [2.45, 2.75) is 0 Å². The van der Waals surface area contributed by atoms with E-state index in [4.69, 9.17) is 9.15 Å². The van der Waals surface area contributed by atoms with E-state index in [9.17, 15) is 9.59 Å². The maximum Gasteiger partial charge on any atom is 0.353 e. The van der Waals surface area contributed by atoms with Crippen LogP contribution in [-0.4, -0.2) is 11.0 Å². The first kappa shape index (κ1) is 13.7. The van der Waals surface area contributed by atoms with Gasteiger partial charge in [-0.3, -0.25) is 4.79 Å². The van der Waals surface area contributed by atoms with Gasteiger partial charge >= 0.3 is 5.97 Å². The minimum Gasteiger partial charge on any atom is -0.453 e. The quantitative estimate of drug-likeness (QED) is 0.320. The van der Waals surface area contributed by atoms with Gasteiger partial charge in [-0.1, -0.05) is 6.07 Å². The molecule has 0 N–H and O–H groups in total. The monoisotopic (exact) mass is 323 g/mol. The number of carbonyl (C=O) groups excluding carboxylic acids is 1. The van der Waals surface area contributed by atoms with Crippen LogP contribution >= 0.6 is 11.3 Å². The predicted octanol–water partition coefficient (Wildman–Crippen LogP) is 3.57. The molecule has 0 unspecified atom stereocenters. The van der Waals surface area contributed by atoms with Gasteiger partial charge in [-0.15, -0.1) is 11.3 Å². The summed E-state index contributed by atoms with van der Waals surface area (Å²) in [6.45, 7) is 0. The van der Waals surface area contributed by atoms with Crippen LogP contribution in [0.4, 0.5) is 0 Å². The Labute approximate surface area is 134 Å². The van der Waals surface area contributed by atoms with Crippen molar-refractivity contribution in [3.8, 4) is 17.2 Å². The van der Waals surface area contributed by atoms with Crippen molar-refractivity contribution >= 4 is 28.4 Å². The second-order valence-corrected chi connectivity index (χ2v) is 5.79. The maximum absolute atomic E-state index is 12.0. The lowest BCUT2D eigenvalue weighted by molar-refractivity contribution is 0.0740. The number of hydrogen-bond acceptors (Lipinski definition) is 6. The number of fused-ring (bicyclic) bond motifs is 2. The number of carbonyl (C=O) groups is 1. The third-order valence-corrected chi connectivity index (χ3v) is 4.11. The molecule has 4 rings (SSSR count). The van der Waals surface area contributed by atoms with Crippen LogP contribution in [0.1, 0.15) is 9.67 Å². The van der Waals surface area contributed by atoms with Crippen molar-refractivity contribution in [2.24, 2.45) is 0 Å². The number of aromatic nitrogens is 1. The van der Waals surface area contributed by atoms with Crippen molar-refractivity contribution < 1.29 is 13.9 Å². The van der Waals surface area contributed by atoms with Gasteiger partial charge in [-0.2, -0.15) is 0 Å². The van der Waals surface area contributed by atoms with Gasteiger partial charge in [0.05, 0.1) is 0 Å². The molecule has 0 bridgehead atoms. The smallest absolute Gasteiger partial charge is 0.353 e. The Morgan fingerprint density at radius 2 is 2.04 bits per heavy atom. The largest absolute Gasteiger partial charge is 0.453 e. The number of rotatable bonds is 2. The molecule has 5 nitrogen and oxygen atoms in total. The molecule has 6 heteroatoms. The number of esters is 1. The standard InChI is InChI=1S/C17H9NO4S/c19-10-3-5-12-14(8-10)22-15-9-11(4-6-13(15)18-12)21-17(20)16-2-1-7-23-16/h1-9H. The van der Waals surface area contributed by atoms with Gasteiger partial charge in [-0.05, 0) is 35.7 Å². The molecular formula is C17H9NO4S. The van der Waals surface area contributed by atoms with Crippen molar-refractivity contribution in [3.05, 3.63) is 69.0 Å². The minimum atomic E-state index is -0.421. The highest BCUT2D eigenvalue weighted by molar-refractivity contribution is 7.12. The van der Waals surface area contributed by atoms with Gasteiger partial charge in [0.25, 0.3) is 0 Å². The van der Waals surface area contributed by atoms with Gasteiger partial charge in [0.2, 0.25) is 0 Å². The third-order valence-electron chi connectivity index (χ3n) is 3.26. The molecule has 0 saturated carbocycles. The number of ether oxygens (including phenoxy) is 1. The summed E-state index contributed by atoms with van der Waals surface area (Å²) in [6, 6.07) is 12.9. The highest BCUT2D eigenvalue weighted by atomic mass is 32.1. The molecule has 0 saturated heterocycles. The van der Waals surface area contributed by atoms with Gasteiger partial charge in [0.15, 0.2) is 16.8 Å². The number of hydrogen-bond donors (Lipinski definition) is 0. The minimum absolute atomic E-state index is 0.150. The molecule has 1 aliphatic heterocycles. The Kier molecular flexibility index (Phi) is 3.17. The zero-order valence-electron chi connectivity index (χ0n) is 11.7. The van der Waals surface area contributed by atoms with Crippen molar-refractivity contribution in [1.29, 1.82) is 0 Å². The molecule has 2 aromatic rings. The molecule has 0 radical (unpaired) electrons. The summed E-state index contributed by atoms with van der Waals surface area (Å²) in [6.07, 6.45) is 0. The first-order valence-electron chi connectivity index (χ1n) is 6.79. The Morgan fingerprint density at radius 3 is 2.87 bits per heavy atom. The van der Waals surface area contributed by atoms with E-state index in [2.05, 4.69) is 4.98 Å². The van der Waals surface area contributed by atoms with Crippen molar-refractivity contribution in [2.75, 3.05) is 0 Å². The normalized spacial score (nSPS) is 11.0. The van der Waals surface area contributed by atoms with Crippen molar-refractivity contribution in [1.82, 2.24) is 4.98 Å². The van der Waals surface area contributed by atoms with E-state index in [1.165, 1.54) is 23.5 Å². The Bertz CT molecular complexity index is 1040. The highest BCUT2D eigenvalue weighted by Gasteiger charge is 2.13. The van der Waals surface area contributed by atoms with E-state index in [0.717, 1.165) is 0 Å². The SMILES string of the molecule is O=C(Oc1ccc2nc3ccc(=O)cc-3oc2c1)c1cccs1. The molecule has 0 atom stereocenters. The molecule has 23 heavy (non-hydrogen) atoms. The summed E-state index contributed by atoms with van der Waals surface area (Å²) < 4.78 is 11.0. The lowest BCUT2D eigenvalue weighted by atomic mass is 10.2. The third kappa shape index (κ3) is 2.60. The van der Waals surface area contributed by atoms with Crippen LogP contribution in [0.3, 0.4) is 0 Å². The van der Waals surface area contributed by atoms with Crippen LogP contribution in [0.5, 0.6) is 5.75 Å². The molecule has 0 amide bonds. The average Bonchev–Trinajstić information content (AvgIpc) is 3.07. The first-order valence-corrected chi connectivity index (χ1v) is 7.67. The molecule has 0 spiro atoms. The number of benzene rings is 2. The summed E-state index contributed by atoms with van der Waals surface area (Å²) in [5.74, 6) is 0.334. The maximum atomic E-state index is 12.0. The van der Waals surface area contributed by atoms with E-state index in [0.29, 0.717) is 33.2 Å². The Morgan fingerprint density at radius 1 is 1.13 bits per heavy atom. The Hall–Kier alpha value is -2.99. The fourth-order valence-electron chi connectivity index (χ4n) is 2.20. The zero-order chi connectivity index (χ0) is 15.8. The fraction of sp³-hybridized carbons (Fsp3) is 0. The summed E-state index contributed by atoms with van der Waals surface area (Å²) in [5, 5.41) is 1.81. The lowest BCUT2D eigenvalue weighted by Crippen LogP contribution is -2.06.